The molecule has 0 saturated heterocycles. The van der Waals surface area contributed by atoms with E-state index in [4.69, 9.17) is 11.0 Å². The summed E-state index contributed by atoms with van der Waals surface area (Å²) in [6.45, 7) is 0. The van der Waals surface area contributed by atoms with E-state index >= 15 is 0 Å². The summed E-state index contributed by atoms with van der Waals surface area (Å²) < 4.78 is 37.9. The van der Waals surface area contributed by atoms with Crippen LogP contribution in [0.1, 0.15) is 11.1 Å². The summed E-state index contributed by atoms with van der Waals surface area (Å²) in [5.74, 6) is 0. The molecular weight excluding hydrogens is 249 g/mol. The zero-order chi connectivity index (χ0) is 13.1. The molecule has 0 radical (unpaired) electrons. The number of thiocarbonyl (C=S) groups is 1. The Kier molecular flexibility index (Phi) is 3.86. The first-order valence-electron chi connectivity index (χ1n) is 4.44. The van der Waals surface area contributed by atoms with Crippen LogP contribution in [-0.4, -0.2) is 4.99 Å². The van der Waals surface area contributed by atoms with E-state index in [0.29, 0.717) is 0 Å². The first-order valence-corrected chi connectivity index (χ1v) is 4.85. The third kappa shape index (κ3) is 3.29. The van der Waals surface area contributed by atoms with Crippen molar-refractivity contribution >= 4 is 23.3 Å². The van der Waals surface area contributed by atoms with E-state index in [-0.39, 0.29) is 16.1 Å². The molecule has 0 amide bonds. The van der Waals surface area contributed by atoms with Gasteiger partial charge in [-0.25, -0.2) is 0 Å². The summed E-state index contributed by atoms with van der Waals surface area (Å²) in [7, 11) is 0. The van der Waals surface area contributed by atoms with Crippen molar-refractivity contribution in [1.29, 1.82) is 5.26 Å². The van der Waals surface area contributed by atoms with Gasteiger partial charge in [-0.15, -0.1) is 0 Å². The first-order chi connectivity index (χ1) is 7.86. The second-order valence-electron chi connectivity index (χ2n) is 3.12. The smallest absolute Gasteiger partial charge is 0.389 e. The lowest BCUT2D eigenvalue weighted by molar-refractivity contribution is -0.137. The summed E-state index contributed by atoms with van der Waals surface area (Å²) in [5.41, 5.74) is 4.09. The molecule has 0 aliphatic carbocycles. The molecule has 1 aromatic carbocycles. The van der Waals surface area contributed by atoms with Gasteiger partial charge in [0.15, 0.2) is 0 Å². The average Bonchev–Trinajstić information content (AvgIpc) is 2.24. The molecule has 0 heterocycles. The first kappa shape index (κ1) is 13.2. The van der Waals surface area contributed by atoms with Crippen LogP contribution in [0.15, 0.2) is 29.8 Å². The molecule has 88 valence electrons. The molecule has 0 atom stereocenters. The number of nitrogens with two attached hydrogens (primary N) is 1. The predicted octanol–water partition coefficient (Wildman–Crippen LogP) is 2.90. The van der Waals surface area contributed by atoms with Crippen molar-refractivity contribution in [3.05, 3.63) is 41.0 Å². The second kappa shape index (κ2) is 4.97. The van der Waals surface area contributed by atoms with Gasteiger partial charge in [0.05, 0.1) is 11.1 Å². The van der Waals surface area contributed by atoms with Crippen LogP contribution in [0.25, 0.3) is 6.08 Å². The molecule has 0 bridgehead atoms. The van der Waals surface area contributed by atoms with Gasteiger partial charge in [0.1, 0.15) is 11.1 Å². The van der Waals surface area contributed by atoms with E-state index < -0.39 is 11.7 Å². The molecule has 0 saturated carbocycles. The van der Waals surface area contributed by atoms with Gasteiger partial charge in [-0.3, -0.25) is 0 Å². The van der Waals surface area contributed by atoms with Crippen molar-refractivity contribution in [3.63, 3.8) is 0 Å². The molecule has 17 heavy (non-hydrogen) atoms. The van der Waals surface area contributed by atoms with Gasteiger partial charge >= 0.3 is 6.18 Å². The standard InChI is InChI=1S/C11H7F3N2S/c12-11(13,14)9-4-2-1-3-7(9)5-8(6-15)10(16)17/h1-5H,(H2,16,17)/b8-5+. The third-order valence-electron chi connectivity index (χ3n) is 1.95. The fourth-order valence-corrected chi connectivity index (χ4v) is 1.30. The van der Waals surface area contributed by atoms with Crippen LogP contribution in [0.3, 0.4) is 0 Å². The third-order valence-corrected chi connectivity index (χ3v) is 2.17. The Morgan fingerprint density at radius 2 is 1.94 bits per heavy atom. The fourth-order valence-electron chi connectivity index (χ4n) is 1.20. The van der Waals surface area contributed by atoms with Crippen LogP contribution in [-0.2, 0) is 6.18 Å². The number of halogens is 3. The summed E-state index contributed by atoms with van der Waals surface area (Å²) in [5, 5.41) is 8.68. The van der Waals surface area contributed by atoms with E-state index in [2.05, 4.69) is 12.2 Å². The Morgan fingerprint density at radius 3 is 2.41 bits per heavy atom. The van der Waals surface area contributed by atoms with Crippen molar-refractivity contribution < 1.29 is 13.2 Å². The SMILES string of the molecule is N#C/C(=C\c1ccccc1C(F)(F)F)C(N)=S. The summed E-state index contributed by atoms with van der Waals surface area (Å²) in [6, 6.07) is 6.55. The summed E-state index contributed by atoms with van der Waals surface area (Å²) in [4.78, 5) is -0.232. The molecule has 0 fully saturated rings. The Hall–Kier alpha value is -1.87. The van der Waals surface area contributed by atoms with E-state index in [1.807, 2.05) is 0 Å². The van der Waals surface area contributed by atoms with Crippen molar-refractivity contribution in [2.45, 2.75) is 6.18 Å². The highest BCUT2D eigenvalue weighted by Crippen LogP contribution is 2.32. The molecule has 0 aliphatic rings. The van der Waals surface area contributed by atoms with E-state index in [1.165, 1.54) is 18.2 Å². The highest BCUT2D eigenvalue weighted by molar-refractivity contribution is 7.80. The monoisotopic (exact) mass is 256 g/mol. The topological polar surface area (TPSA) is 49.8 Å². The maximum absolute atomic E-state index is 12.6. The molecule has 0 aliphatic heterocycles. The Labute approximate surface area is 101 Å². The largest absolute Gasteiger partial charge is 0.416 e. The number of hydrogen-bond donors (Lipinski definition) is 1. The molecular formula is C11H7F3N2S. The maximum Gasteiger partial charge on any atom is 0.416 e. The predicted molar refractivity (Wildman–Crippen MR) is 61.8 cm³/mol. The Balaban J connectivity index is 3.34. The van der Waals surface area contributed by atoms with Crippen LogP contribution in [0.4, 0.5) is 13.2 Å². The van der Waals surface area contributed by atoms with E-state index in [0.717, 1.165) is 12.1 Å². The molecule has 0 unspecified atom stereocenters. The van der Waals surface area contributed by atoms with Crippen LogP contribution in [0, 0.1) is 11.3 Å². The van der Waals surface area contributed by atoms with Crippen LogP contribution >= 0.6 is 12.2 Å². The highest BCUT2D eigenvalue weighted by Gasteiger charge is 2.32. The van der Waals surface area contributed by atoms with Gasteiger partial charge in [-0.2, -0.15) is 18.4 Å². The van der Waals surface area contributed by atoms with Crippen LogP contribution in [0.2, 0.25) is 0 Å². The maximum atomic E-state index is 12.6. The minimum absolute atomic E-state index is 0.135. The normalized spacial score (nSPS) is 12.0. The van der Waals surface area contributed by atoms with Crippen molar-refractivity contribution in [2.75, 3.05) is 0 Å². The lowest BCUT2D eigenvalue weighted by atomic mass is 10.0. The van der Waals surface area contributed by atoms with Gasteiger partial charge in [-0.05, 0) is 17.7 Å². The molecule has 1 aromatic rings. The molecule has 2 N–H and O–H groups in total. The molecule has 1 rings (SSSR count). The Bertz CT molecular complexity index is 512. The fraction of sp³-hybridized carbons (Fsp3) is 0.0909. The van der Waals surface area contributed by atoms with Crippen molar-refractivity contribution in [2.24, 2.45) is 5.73 Å². The molecule has 0 spiro atoms. The van der Waals surface area contributed by atoms with Crippen LogP contribution in [0.5, 0.6) is 0 Å². The zero-order valence-corrected chi connectivity index (χ0v) is 9.27. The lowest BCUT2D eigenvalue weighted by Crippen LogP contribution is -2.11. The Morgan fingerprint density at radius 1 is 1.35 bits per heavy atom. The van der Waals surface area contributed by atoms with Gasteiger partial charge in [0.25, 0.3) is 0 Å². The number of nitriles is 1. The molecule has 0 aromatic heterocycles. The number of rotatable bonds is 2. The van der Waals surface area contributed by atoms with Crippen molar-refractivity contribution in [3.8, 4) is 6.07 Å². The van der Waals surface area contributed by atoms with Gasteiger partial charge in [0.2, 0.25) is 0 Å². The number of benzene rings is 1. The van der Waals surface area contributed by atoms with E-state index in [1.54, 1.807) is 6.07 Å². The van der Waals surface area contributed by atoms with Crippen molar-refractivity contribution in [1.82, 2.24) is 0 Å². The van der Waals surface area contributed by atoms with E-state index in [9.17, 15) is 13.2 Å². The zero-order valence-electron chi connectivity index (χ0n) is 8.45. The minimum atomic E-state index is -4.48. The number of nitrogens with zero attached hydrogens (tertiary/aromatic N) is 1. The number of alkyl halides is 3. The number of hydrogen-bond acceptors (Lipinski definition) is 2. The molecule has 2 nitrogen and oxygen atoms in total. The quantitative estimate of drug-likeness (QED) is 0.503. The van der Waals surface area contributed by atoms with Crippen LogP contribution < -0.4 is 5.73 Å². The second-order valence-corrected chi connectivity index (χ2v) is 3.56. The summed E-state index contributed by atoms with van der Waals surface area (Å²) >= 11 is 4.56. The lowest BCUT2D eigenvalue weighted by Gasteiger charge is -2.09. The highest BCUT2D eigenvalue weighted by atomic mass is 32.1. The van der Waals surface area contributed by atoms with Gasteiger partial charge < -0.3 is 5.73 Å². The molecule has 6 heteroatoms. The van der Waals surface area contributed by atoms with Gasteiger partial charge in [-0.1, -0.05) is 30.4 Å². The average molecular weight is 256 g/mol. The minimum Gasteiger partial charge on any atom is -0.389 e. The summed E-state index contributed by atoms with van der Waals surface area (Å²) in [6.07, 6.45) is -3.45. The van der Waals surface area contributed by atoms with Gasteiger partial charge in [0, 0.05) is 0 Å².